The summed E-state index contributed by atoms with van der Waals surface area (Å²) in [5.74, 6) is 0.289. The van der Waals surface area contributed by atoms with Crippen LogP contribution in [0.25, 0.3) is 34.3 Å². The summed E-state index contributed by atoms with van der Waals surface area (Å²) in [5.41, 5.74) is 5.28. The second-order valence-electron chi connectivity index (χ2n) is 8.30. The van der Waals surface area contributed by atoms with Crippen LogP contribution in [0.5, 0.6) is 5.75 Å². The summed E-state index contributed by atoms with van der Waals surface area (Å²) in [6.45, 7) is 4.49. The number of hydrogen-bond donors (Lipinski definition) is 2. The van der Waals surface area contributed by atoms with Crippen LogP contribution in [-0.4, -0.2) is 61.0 Å². The normalized spacial score (nSPS) is 14.0. The Bertz CT molecular complexity index is 1510. The number of aryl methyl sites for hydroxylation is 2. The summed E-state index contributed by atoms with van der Waals surface area (Å²) < 4.78 is 7.75. The van der Waals surface area contributed by atoms with E-state index in [-0.39, 0.29) is 18.1 Å². The Morgan fingerprint density at radius 2 is 2.00 bits per heavy atom. The minimum Gasteiger partial charge on any atom is -0.489 e. The third kappa shape index (κ3) is 3.57. The first-order valence-corrected chi connectivity index (χ1v) is 11.1. The van der Waals surface area contributed by atoms with Crippen molar-refractivity contribution in [3.05, 3.63) is 57.0 Å². The molecule has 1 amide bonds. The van der Waals surface area contributed by atoms with Crippen LogP contribution in [0.1, 0.15) is 40.1 Å². The molecule has 0 spiro atoms. The van der Waals surface area contributed by atoms with E-state index in [0.29, 0.717) is 29.2 Å². The number of aromatic amines is 2. The van der Waals surface area contributed by atoms with Crippen molar-refractivity contribution < 1.29 is 9.53 Å². The Kier molecular flexibility index (Phi) is 5.27. The number of aromatic nitrogens is 6. The maximum absolute atomic E-state index is 13.3. The quantitative estimate of drug-likeness (QED) is 0.451. The van der Waals surface area contributed by atoms with Gasteiger partial charge >= 0.3 is 0 Å². The SMILES string of the molecule is CCc1c2c(nn1C)C(=O)N(C)CCOc1c[nH]c(=O)cc1-c1cc3c([nH]nc3c(C)n1)C=C2. The molecule has 10 heteroatoms. The number of ether oxygens (including phenoxy) is 1. The fourth-order valence-corrected chi connectivity index (χ4v) is 4.30. The third-order valence-corrected chi connectivity index (χ3v) is 6.10. The molecule has 34 heavy (non-hydrogen) atoms. The molecule has 174 valence electrons. The Balaban J connectivity index is 1.75. The second-order valence-corrected chi connectivity index (χ2v) is 8.30. The van der Waals surface area contributed by atoms with Crippen LogP contribution in [-0.2, 0) is 13.5 Å². The van der Waals surface area contributed by atoms with E-state index in [1.54, 1.807) is 16.6 Å². The average molecular weight is 460 g/mol. The molecule has 5 rings (SSSR count). The van der Waals surface area contributed by atoms with Gasteiger partial charge in [-0.15, -0.1) is 0 Å². The zero-order valence-corrected chi connectivity index (χ0v) is 19.5. The molecule has 10 nitrogen and oxygen atoms in total. The maximum atomic E-state index is 13.3. The number of fused-ring (bicyclic) bond motifs is 4. The molecule has 0 unspecified atom stereocenters. The molecule has 4 aromatic rings. The van der Waals surface area contributed by atoms with Crippen molar-refractivity contribution in [2.24, 2.45) is 7.05 Å². The van der Waals surface area contributed by atoms with Crippen molar-refractivity contribution in [2.45, 2.75) is 20.3 Å². The van der Waals surface area contributed by atoms with Gasteiger partial charge in [-0.05, 0) is 31.6 Å². The minimum atomic E-state index is -0.256. The van der Waals surface area contributed by atoms with E-state index in [9.17, 15) is 9.59 Å². The topological polar surface area (TPSA) is 122 Å². The molecule has 0 saturated carbocycles. The van der Waals surface area contributed by atoms with Crippen LogP contribution in [0.3, 0.4) is 0 Å². The van der Waals surface area contributed by atoms with Crippen molar-refractivity contribution in [3.63, 3.8) is 0 Å². The van der Waals surface area contributed by atoms with E-state index in [1.165, 1.54) is 12.3 Å². The van der Waals surface area contributed by atoms with Gasteiger partial charge in [0, 0.05) is 48.6 Å². The van der Waals surface area contributed by atoms with Crippen LogP contribution in [0.2, 0.25) is 0 Å². The van der Waals surface area contributed by atoms with E-state index in [4.69, 9.17) is 4.74 Å². The predicted molar refractivity (Wildman–Crippen MR) is 129 cm³/mol. The number of carbonyl (C=O) groups excluding carboxylic acids is 1. The first-order valence-electron chi connectivity index (χ1n) is 11.1. The van der Waals surface area contributed by atoms with Gasteiger partial charge in [0.15, 0.2) is 5.69 Å². The lowest BCUT2D eigenvalue weighted by molar-refractivity contribution is 0.0767. The van der Waals surface area contributed by atoms with Crippen molar-refractivity contribution in [2.75, 3.05) is 20.2 Å². The molecule has 0 aromatic carbocycles. The number of likely N-dealkylation sites (N-methyl/N-ethyl adjacent to an activating group) is 1. The van der Waals surface area contributed by atoms with Gasteiger partial charge in [0.1, 0.15) is 17.9 Å². The smallest absolute Gasteiger partial charge is 0.274 e. The van der Waals surface area contributed by atoms with Crippen LogP contribution in [0, 0.1) is 6.92 Å². The number of H-pyrrole nitrogens is 2. The van der Waals surface area contributed by atoms with Crippen molar-refractivity contribution in [1.29, 1.82) is 0 Å². The Hall–Kier alpha value is -4.21. The fraction of sp³-hybridized carbons (Fsp3) is 0.292. The lowest BCUT2D eigenvalue weighted by Crippen LogP contribution is -2.31. The molecule has 2 bridgehead atoms. The van der Waals surface area contributed by atoms with Gasteiger partial charge in [-0.1, -0.05) is 6.92 Å². The molecular formula is C24H25N7O3. The molecule has 4 aromatic heterocycles. The van der Waals surface area contributed by atoms with Crippen LogP contribution >= 0.6 is 0 Å². The zero-order valence-electron chi connectivity index (χ0n) is 19.5. The largest absolute Gasteiger partial charge is 0.489 e. The molecule has 0 atom stereocenters. The third-order valence-electron chi connectivity index (χ3n) is 6.10. The maximum Gasteiger partial charge on any atom is 0.274 e. The standard InChI is InChI=1S/C24H25N7O3/c1-5-19-14-6-7-17-16-10-18(26-13(2)22(16)28-27-17)15-11-21(32)25-12-20(15)34-9-8-30(3)24(33)23(14)29-31(19)4/h6-7,10-12H,5,8-9H2,1-4H3,(H,25,32)(H,27,28). The molecule has 0 aliphatic carbocycles. The fourth-order valence-electron chi connectivity index (χ4n) is 4.30. The Morgan fingerprint density at radius 3 is 2.79 bits per heavy atom. The van der Waals surface area contributed by atoms with Crippen LogP contribution < -0.4 is 10.3 Å². The number of hydrogen-bond acceptors (Lipinski definition) is 6. The molecule has 2 N–H and O–H groups in total. The number of carbonyl (C=O) groups is 1. The first kappa shape index (κ1) is 21.6. The highest BCUT2D eigenvalue weighted by molar-refractivity contribution is 5.99. The second kappa shape index (κ2) is 8.29. The lowest BCUT2D eigenvalue weighted by Gasteiger charge is -2.17. The monoisotopic (exact) mass is 459 g/mol. The minimum absolute atomic E-state index is 0.192. The molecule has 5 heterocycles. The van der Waals surface area contributed by atoms with Gasteiger partial charge in [-0.2, -0.15) is 10.2 Å². The molecule has 0 fully saturated rings. The van der Waals surface area contributed by atoms with Crippen LogP contribution in [0.15, 0.2) is 23.1 Å². The summed E-state index contributed by atoms with van der Waals surface area (Å²) in [4.78, 5) is 34.3. The lowest BCUT2D eigenvalue weighted by atomic mass is 10.1. The highest BCUT2D eigenvalue weighted by atomic mass is 16.5. The molecule has 0 saturated heterocycles. The van der Waals surface area contributed by atoms with E-state index in [1.807, 2.05) is 39.1 Å². The van der Waals surface area contributed by atoms with Crippen molar-refractivity contribution >= 4 is 29.0 Å². The Labute approximate surface area is 195 Å². The number of nitrogens with one attached hydrogen (secondary N) is 2. The summed E-state index contributed by atoms with van der Waals surface area (Å²) >= 11 is 0. The van der Waals surface area contributed by atoms with E-state index in [2.05, 4.69) is 25.3 Å². The van der Waals surface area contributed by atoms with Crippen molar-refractivity contribution in [1.82, 2.24) is 34.8 Å². The molecule has 0 radical (unpaired) electrons. The van der Waals surface area contributed by atoms with Gasteiger partial charge in [-0.25, -0.2) is 0 Å². The highest BCUT2D eigenvalue weighted by Gasteiger charge is 2.23. The summed E-state index contributed by atoms with van der Waals surface area (Å²) in [6.07, 6.45) is 6.06. The number of pyridine rings is 2. The number of nitrogens with zero attached hydrogens (tertiary/aromatic N) is 5. The molecule has 1 aliphatic heterocycles. The van der Waals surface area contributed by atoms with E-state index < -0.39 is 0 Å². The summed E-state index contributed by atoms with van der Waals surface area (Å²) in [6, 6.07) is 3.37. The van der Waals surface area contributed by atoms with Gasteiger partial charge < -0.3 is 14.6 Å². The average Bonchev–Trinajstić information content (AvgIpc) is 3.37. The summed E-state index contributed by atoms with van der Waals surface area (Å²) in [5, 5.41) is 12.9. The van der Waals surface area contributed by atoms with Gasteiger partial charge in [-0.3, -0.25) is 24.4 Å². The van der Waals surface area contributed by atoms with E-state index in [0.717, 1.165) is 40.0 Å². The molecular weight excluding hydrogens is 434 g/mol. The zero-order chi connectivity index (χ0) is 24.0. The van der Waals surface area contributed by atoms with Gasteiger partial charge in [0.25, 0.3) is 5.91 Å². The van der Waals surface area contributed by atoms with Gasteiger partial charge in [0.05, 0.1) is 23.6 Å². The highest BCUT2D eigenvalue weighted by Crippen LogP contribution is 2.31. The number of amides is 1. The van der Waals surface area contributed by atoms with Crippen LogP contribution in [0.4, 0.5) is 0 Å². The molecule has 1 aliphatic rings. The van der Waals surface area contributed by atoms with E-state index >= 15 is 0 Å². The van der Waals surface area contributed by atoms with Gasteiger partial charge in [0.2, 0.25) is 5.56 Å². The number of rotatable bonds is 1. The predicted octanol–water partition coefficient (Wildman–Crippen LogP) is 2.55. The Morgan fingerprint density at radius 1 is 1.18 bits per heavy atom. The first-order chi connectivity index (χ1) is 16.4. The van der Waals surface area contributed by atoms with Crippen molar-refractivity contribution in [3.8, 4) is 17.0 Å². The summed E-state index contributed by atoms with van der Waals surface area (Å²) in [7, 11) is 3.57.